The van der Waals surface area contributed by atoms with Gasteiger partial charge in [-0.15, -0.1) is 0 Å². The molecule has 0 unspecified atom stereocenters. The lowest BCUT2D eigenvalue weighted by molar-refractivity contribution is 0.0597. The van der Waals surface area contributed by atoms with Gasteiger partial charge in [0.1, 0.15) is 0 Å². The zero-order valence-corrected chi connectivity index (χ0v) is 11.6. The van der Waals surface area contributed by atoms with Gasteiger partial charge in [0.25, 0.3) is 0 Å². The van der Waals surface area contributed by atoms with E-state index >= 15 is 0 Å². The fourth-order valence-electron chi connectivity index (χ4n) is 2.48. The van der Waals surface area contributed by atoms with Crippen LogP contribution >= 0.6 is 0 Å². The molecular weight excluding hydrogens is 242 g/mol. The van der Waals surface area contributed by atoms with E-state index in [0.717, 1.165) is 24.7 Å². The molecule has 104 valence electrons. The number of piperidine rings is 1. The van der Waals surface area contributed by atoms with Crippen LogP contribution in [0.4, 0.5) is 5.69 Å². The normalized spacial score (nSPS) is 16.5. The molecule has 1 aliphatic rings. The molecule has 0 saturated carbocycles. The van der Waals surface area contributed by atoms with Crippen LogP contribution in [0.25, 0.3) is 0 Å². The van der Waals surface area contributed by atoms with Crippen molar-refractivity contribution in [1.82, 2.24) is 0 Å². The van der Waals surface area contributed by atoms with Gasteiger partial charge in [0.2, 0.25) is 0 Å². The predicted molar refractivity (Wildman–Crippen MR) is 74.3 cm³/mol. The quantitative estimate of drug-likeness (QED) is 0.849. The minimum absolute atomic E-state index is 0.150. The average molecular weight is 263 g/mol. The topological polar surface area (TPSA) is 49.8 Å². The Morgan fingerprint density at radius 1 is 1.42 bits per heavy atom. The van der Waals surface area contributed by atoms with Crippen LogP contribution in [0, 0.1) is 5.92 Å². The van der Waals surface area contributed by atoms with Crippen LogP contribution < -0.4 is 4.90 Å². The van der Waals surface area contributed by atoms with Crippen molar-refractivity contribution in [3.63, 3.8) is 0 Å². The largest absolute Gasteiger partial charge is 0.465 e. The van der Waals surface area contributed by atoms with Gasteiger partial charge in [-0.3, -0.25) is 0 Å². The Morgan fingerprint density at radius 3 is 2.68 bits per heavy atom. The highest BCUT2D eigenvalue weighted by atomic mass is 16.5. The predicted octanol–water partition coefficient (Wildman–Crippen LogP) is 2.20. The van der Waals surface area contributed by atoms with E-state index in [1.807, 2.05) is 12.1 Å². The summed E-state index contributed by atoms with van der Waals surface area (Å²) in [4.78, 5) is 13.9. The minimum Gasteiger partial charge on any atom is -0.465 e. The number of ether oxygens (including phenoxy) is 1. The fourth-order valence-corrected chi connectivity index (χ4v) is 2.48. The molecule has 1 aromatic carbocycles. The summed E-state index contributed by atoms with van der Waals surface area (Å²) >= 11 is 0. The Morgan fingerprint density at radius 2 is 2.11 bits per heavy atom. The Balaban J connectivity index is 2.21. The van der Waals surface area contributed by atoms with Gasteiger partial charge in [-0.25, -0.2) is 4.79 Å². The molecule has 4 nitrogen and oxygen atoms in total. The molecule has 0 aromatic heterocycles. The lowest BCUT2D eigenvalue weighted by atomic mass is 9.98. The van der Waals surface area contributed by atoms with E-state index in [9.17, 15) is 9.90 Å². The molecule has 2 rings (SSSR count). The van der Waals surface area contributed by atoms with E-state index in [1.54, 1.807) is 6.07 Å². The van der Waals surface area contributed by atoms with Gasteiger partial charge < -0.3 is 14.7 Å². The van der Waals surface area contributed by atoms with Crippen LogP contribution in [0.1, 0.15) is 35.7 Å². The van der Waals surface area contributed by atoms with E-state index in [2.05, 4.69) is 11.8 Å². The van der Waals surface area contributed by atoms with Crippen molar-refractivity contribution in [2.45, 2.75) is 26.4 Å². The molecule has 1 fully saturated rings. The lowest BCUT2D eigenvalue weighted by Crippen LogP contribution is -2.32. The van der Waals surface area contributed by atoms with Crippen LogP contribution in [0.2, 0.25) is 0 Å². The highest BCUT2D eigenvalue weighted by Gasteiger charge is 2.18. The summed E-state index contributed by atoms with van der Waals surface area (Å²) < 4.78 is 4.71. The van der Waals surface area contributed by atoms with Crippen molar-refractivity contribution >= 4 is 11.7 Å². The second-order valence-corrected chi connectivity index (χ2v) is 5.16. The van der Waals surface area contributed by atoms with Crippen LogP contribution in [-0.4, -0.2) is 31.3 Å². The van der Waals surface area contributed by atoms with Crippen molar-refractivity contribution < 1.29 is 14.6 Å². The average Bonchev–Trinajstić information content (AvgIpc) is 2.46. The molecule has 1 aliphatic heterocycles. The molecule has 1 saturated heterocycles. The van der Waals surface area contributed by atoms with Crippen molar-refractivity contribution in [2.24, 2.45) is 5.92 Å². The first kappa shape index (κ1) is 13.9. The highest BCUT2D eigenvalue weighted by molar-refractivity contribution is 5.91. The van der Waals surface area contributed by atoms with Gasteiger partial charge >= 0.3 is 5.97 Å². The standard InChI is InChI=1S/C15H21NO3/c1-11-5-7-16(8-6-11)13-3-4-14(15(18)19-2)12(9-13)10-17/h3-4,9,11,17H,5-8,10H2,1-2H3. The molecule has 1 N–H and O–H groups in total. The van der Waals surface area contributed by atoms with Gasteiger partial charge in [0.05, 0.1) is 19.3 Å². The minimum atomic E-state index is -0.400. The molecule has 0 aliphatic carbocycles. The third kappa shape index (κ3) is 3.07. The maximum absolute atomic E-state index is 11.6. The van der Waals surface area contributed by atoms with E-state index in [4.69, 9.17) is 4.74 Å². The number of hydrogen-bond acceptors (Lipinski definition) is 4. The summed E-state index contributed by atoms with van der Waals surface area (Å²) in [5.41, 5.74) is 2.14. The van der Waals surface area contributed by atoms with Crippen molar-refractivity contribution in [3.8, 4) is 0 Å². The summed E-state index contributed by atoms with van der Waals surface area (Å²) in [6.45, 7) is 4.19. The molecule has 0 atom stereocenters. The van der Waals surface area contributed by atoms with Crippen LogP contribution in [0.5, 0.6) is 0 Å². The molecule has 0 bridgehead atoms. The highest BCUT2D eigenvalue weighted by Crippen LogP contribution is 2.25. The molecule has 1 aromatic rings. The third-order valence-electron chi connectivity index (χ3n) is 3.81. The number of carbonyl (C=O) groups excluding carboxylic acids is 1. The van der Waals surface area contributed by atoms with Crippen molar-refractivity contribution in [3.05, 3.63) is 29.3 Å². The maximum atomic E-state index is 11.6. The number of aliphatic hydroxyl groups is 1. The summed E-state index contributed by atoms with van der Waals surface area (Å²) in [6, 6.07) is 5.56. The van der Waals surface area contributed by atoms with E-state index in [0.29, 0.717) is 11.1 Å². The van der Waals surface area contributed by atoms with Crippen LogP contribution in [0.15, 0.2) is 18.2 Å². The number of nitrogens with zero attached hydrogens (tertiary/aromatic N) is 1. The second-order valence-electron chi connectivity index (χ2n) is 5.16. The molecule has 0 radical (unpaired) electrons. The first-order chi connectivity index (χ1) is 9.15. The number of benzene rings is 1. The van der Waals surface area contributed by atoms with Gasteiger partial charge in [0.15, 0.2) is 0 Å². The van der Waals surface area contributed by atoms with Gasteiger partial charge in [-0.1, -0.05) is 6.92 Å². The van der Waals surface area contributed by atoms with Crippen molar-refractivity contribution in [1.29, 1.82) is 0 Å². The van der Waals surface area contributed by atoms with Gasteiger partial charge in [-0.05, 0) is 42.5 Å². The zero-order valence-electron chi connectivity index (χ0n) is 11.6. The Hall–Kier alpha value is -1.55. The number of aliphatic hydroxyl groups excluding tert-OH is 1. The molecule has 4 heteroatoms. The maximum Gasteiger partial charge on any atom is 0.338 e. The molecule has 19 heavy (non-hydrogen) atoms. The zero-order chi connectivity index (χ0) is 13.8. The van der Waals surface area contributed by atoms with Crippen LogP contribution in [0.3, 0.4) is 0 Å². The van der Waals surface area contributed by atoms with E-state index in [-0.39, 0.29) is 6.61 Å². The number of esters is 1. The molecule has 0 spiro atoms. The number of methoxy groups -OCH3 is 1. The SMILES string of the molecule is COC(=O)c1ccc(N2CCC(C)CC2)cc1CO. The van der Waals surface area contributed by atoms with Crippen LogP contribution in [-0.2, 0) is 11.3 Å². The molecule has 1 heterocycles. The molecular formula is C15H21NO3. The van der Waals surface area contributed by atoms with E-state index < -0.39 is 5.97 Å². The van der Waals surface area contributed by atoms with Gasteiger partial charge in [0, 0.05) is 18.8 Å². The Labute approximate surface area is 114 Å². The Bertz CT molecular complexity index is 451. The number of anilines is 1. The summed E-state index contributed by atoms with van der Waals surface area (Å²) in [6.07, 6.45) is 2.38. The van der Waals surface area contributed by atoms with E-state index in [1.165, 1.54) is 20.0 Å². The lowest BCUT2D eigenvalue weighted by Gasteiger charge is -2.32. The monoisotopic (exact) mass is 263 g/mol. The third-order valence-corrected chi connectivity index (χ3v) is 3.81. The van der Waals surface area contributed by atoms with Crippen molar-refractivity contribution in [2.75, 3.05) is 25.1 Å². The number of hydrogen-bond donors (Lipinski definition) is 1. The fraction of sp³-hybridized carbons (Fsp3) is 0.533. The number of carbonyl (C=O) groups is 1. The summed E-state index contributed by atoms with van der Waals surface area (Å²) in [7, 11) is 1.35. The number of rotatable bonds is 3. The molecule has 0 amide bonds. The first-order valence-electron chi connectivity index (χ1n) is 6.72. The Kier molecular flexibility index (Phi) is 4.43. The second kappa shape index (κ2) is 6.06. The first-order valence-corrected chi connectivity index (χ1v) is 6.72. The van der Waals surface area contributed by atoms with Gasteiger partial charge in [-0.2, -0.15) is 0 Å². The summed E-state index contributed by atoms with van der Waals surface area (Å²) in [5, 5.41) is 9.40. The summed E-state index contributed by atoms with van der Waals surface area (Å²) in [5.74, 6) is 0.380. The smallest absolute Gasteiger partial charge is 0.338 e.